The van der Waals surface area contributed by atoms with Crippen LogP contribution in [0.4, 0.5) is 20.4 Å². The van der Waals surface area contributed by atoms with Gasteiger partial charge in [-0.3, -0.25) is 9.13 Å². The summed E-state index contributed by atoms with van der Waals surface area (Å²) in [6.45, 7) is -1.07. The summed E-state index contributed by atoms with van der Waals surface area (Å²) in [4.78, 5) is 30.2. The van der Waals surface area contributed by atoms with Crippen LogP contribution >= 0.6 is 45.2 Å². The van der Waals surface area contributed by atoms with Crippen molar-refractivity contribution in [2.45, 2.75) is 49.2 Å². The number of hydrogen-bond donors (Lipinski definition) is 6. The maximum atomic E-state index is 13.8. The van der Waals surface area contributed by atoms with Crippen molar-refractivity contribution in [1.29, 1.82) is 0 Å². The molecular weight excluding hydrogens is 720 g/mol. The first-order valence-electron chi connectivity index (χ1n) is 10.2. The summed E-state index contributed by atoms with van der Waals surface area (Å²) < 4.78 is 40.6. The highest BCUT2D eigenvalue weighted by atomic mass is 127. The first kappa shape index (κ1) is 29.0. The lowest BCUT2D eigenvalue weighted by molar-refractivity contribution is -0.0491. The van der Waals surface area contributed by atoms with Crippen molar-refractivity contribution < 1.29 is 38.7 Å². The molecule has 36 heavy (non-hydrogen) atoms. The predicted octanol–water partition coefficient (Wildman–Crippen LogP) is -1.96. The fourth-order valence-corrected chi connectivity index (χ4v) is 4.28. The number of nitrogens with zero attached hydrogens (tertiary/aromatic N) is 4. The minimum absolute atomic E-state index is 0.0458. The van der Waals surface area contributed by atoms with Crippen LogP contribution in [0.5, 0.6) is 0 Å². The molecule has 18 heteroatoms. The molecule has 2 saturated heterocycles. The summed E-state index contributed by atoms with van der Waals surface area (Å²) in [5, 5.41) is 36.8. The van der Waals surface area contributed by atoms with Gasteiger partial charge in [0.25, 0.3) is 0 Å². The van der Waals surface area contributed by atoms with Crippen molar-refractivity contribution >= 4 is 56.8 Å². The number of anilines is 2. The Kier molecular flexibility index (Phi) is 9.57. The molecule has 0 spiro atoms. The second kappa shape index (κ2) is 11.9. The molecule has 2 aromatic rings. The van der Waals surface area contributed by atoms with E-state index in [1.807, 2.05) is 45.2 Å². The van der Waals surface area contributed by atoms with Crippen LogP contribution < -0.4 is 22.8 Å². The monoisotopic (exact) mass is 742 g/mol. The van der Waals surface area contributed by atoms with Crippen LogP contribution in [0.15, 0.2) is 22.0 Å². The fraction of sp³-hybridized carbons (Fsp3) is 0.556. The number of aromatic nitrogens is 4. The molecule has 4 rings (SSSR count). The molecule has 2 aromatic heterocycles. The lowest BCUT2D eigenvalue weighted by Gasteiger charge is -2.16. The molecule has 0 radical (unpaired) electrons. The smallest absolute Gasteiger partial charge is 0.351 e. The van der Waals surface area contributed by atoms with Gasteiger partial charge < -0.3 is 41.4 Å². The summed E-state index contributed by atoms with van der Waals surface area (Å²) in [6.07, 6.45) is -8.76. The normalized spacial score (nSPS) is 31.8. The standard InChI is InChI=1S/2C9H11FIN3O4/c2*10-5-6(16)4(2-15)18-8(5)14-1-3(11)7(12)13-9(14)17/h2*1,4-6,8,15-16H,2H2,(H2,12,13,17)/t2*4-,5+,6-,8-/m11/s1. The molecule has 2 aliphatic rings. The van der Waals surface area contributed by atoms with E-state index in [0.717, 1.165) is 9.13 Å². The SMILES string of the molecule is Nc1nc(=O)n([C@@H]2O[C@H](CO)[C@@H](O)[C@@H]2F)cc1I.Nc1nc(=O)n([C@@H]2O[C@H](CO)[C@@H](O)[C@@H]2F)cc1I. The molecule has 14 nitrogen and oxygen atoms in total. The molecule has 200 valence electrons. The summed E-state index contributed by atoms with van der Waals surface area (Å²) >= 11 is 3.69. The molecule has 0 bridgehead atoms. The third-order valence-electron chi connectivity index (χ3n) is 5.36. The molecule has 4 heterocycles. The van der Waals surface area contributed by atoms with E-state index >= 15 is 0 Å². The van der Waals surface area contributed by atoms with Gasteiger partial charge in [-0.2, -0.15) is 9.97 Å². The number of aliphatic hydroxyl groups is 4. The van der Waals surface area contributed by atoms with Crippen LogP contribution in [0.2, 0.25) is 0 Å². The number of hydrogen-bond acceptors (Lipinski definition) is 12. The fourth-order valence-electron chi connectivity index (χ4n) is 3.44. The van der Waals surface area contributed by atoms with Gasteiger partial charge in [-0.15, -0.1) is 0 Å². The molecule has 0 aromatic carbocycles. The number of ether oxygens (including phenoxy) is 2. The third-order valence-corrected chi connectivity index (χ3v) is 7.03. The average Bonchev–Trinajstić information content (AvgIpc) is 3.29. The molecule has 0 saturated carbocycles. The van der Waals surface area contributed by atoms with Gasteiger partial charge in [-0.25, -0.2) is 18.4 Å². The quantitative estimate of drug-likeness (QED) is 0.188. The van der Waals surface area contributed by atoms with E-state index < -0.39 is 73.8 Å². The maximum Gasteiger partial charge on any atom is 0.351 e. The predicted molar refractivity (Wildman–Crippen MR) is 135 cm³/mol. The molecule has 8 N–H and O–H groups in total. The Hall–Kier alpha value is -1.56. The second-order valence-electron chi connectivity index (χ2n) is 7.69. The van der Waals surface area contributed by atoms with Crippen LogP contribution in [-0.2, 0) is 9.47 Å². The molecule has 2 fully saturated rings. The van der Waals surface area contributed by atoms with Gasteiger partial charge in [0.15, 0.2) is 24.8 Å². The third kappa shape index (κ3) is 5.79. The van der Waals surface area contributed by atoms with Crippen molar-refractivity contribution in [3.63, 3.8) is 0 Å². The number of halogens is 4. The molecule has 0 aliphatic carbocycles. The van der Waals surface area contributed by atoms with E-state index in [1.165, 1.54) is 12.4 Å². The van der Waals surface area contributed by atoms with Crippen molar-refractivity contribution in [2.75, 3.05) is 24.7 Å². The second-order valence-corrected chi connectivity index (χ2v) is 10.0. The minimum Gasteiger partial charge on any atom is -0.394 e. The molecular formula is C18H22F2I2N6O8. The number of aliphatic hydroxyl groups excluding tert-OH is 4. The zero-order valence-electron chi connectivity index (χ0n) is 18.1. The average molecular weight is 742 g/mol. The number of alkyl halides is 2. The Morgan fingerprint density at radius 1 is 0.833 bits per heavy atom. The summed E-state index contributed by atoms with van der Waals surface area (Å²) in [5.41, 5.74) is 9.35. The summed E-state index contributed by atoms with van der Waals surface area (Å²) in [6, 6.07) is 0. The van der Waals surface area contributed by atoms with E-state index in [0.29, 0.717) is 7.14 Å². The molecule has 8 atom stereocenters. The van der Waals surface area contributed by atoms with E-state index in [-0.39, 0.29) is 11.6 Å². The van der Waals surface area contributed by atoms with Crippen molar-refractivity contribution in [2.24, 2.45) is 0 Å². The van der Waals surface area contributed by atoms with E-state index in [1.54, 1.807) is 0 Å². The van der Waals surface area contributed by atoms with Gasteiger partial charge in [-0.05, 0) is 45.2 Å². The lowest BCUT2D eigenvalue weighted by Crippen LogP contribution is -2.34. The van der Waals surface area contributed by atoms with Crippen molar-refractivity contribution in [3.05, 3.63) is 40.5 Å². The zero-order chi connectivity index (χ0) is 26.9. The summed E-state index contributed by atoms with van der Waals surface area (Å²) in [5.74, 6) is 0.0917. The highest BCUT2D eigenvalue weighted by Gasteiger charge is 2.46. The van der Waals surface area contributed by atoms with Crippen molar-refractivity contribution in [1.82, 2.24) is 19.1 Å². The molecule has 0 amide bonds. The van der Waals surface area contributed by atoms with Crippen LogP contribution in [0.1, 0.15) is 12.5 Å². The molecule has 2 aliphatic heterocycles. The first-order chi connectivity index (χ1) is 16.9. The van der Waals surface area contributed by atoms with Crippen LogP contribution in [0, 0.1) is 7.14 Å². The first-order valence-corrected chi connectivity index (χ1v) is 12.3. The van der Waals surface area contributed by atoms with Gasteiger partial charge in [0.05, 0.1) is 20.4 Å². The van der Waals surface area contributed by atoms with Gasteiger partial charge in [0.2, 0.25) is 0 Å². The summed E-state index contributed by atoms with van der Waals surface area (Å²) in [7, 11) is 0. The van der Waals surface area contributed by atoms with E-state index in [2.05, 4.69) is 9.97 Å². The number of nitrogens with two attached hydrogens (primary N) is 2. The van der Waals surface area contributed by atoms with E-state index in [4.69, 9.17) is 31.2 Å². The Morgan fingerprint density at radius 2 is 1.17 bits per heavy atom. The Balaban J connectivity index is 0.000000201. The number of rotatable bonds is 4. The Bertz CT molecular complexity index is 1110. The van der Waals surface area contributed by atoms with Gasteiger partial charge >= 0.3 is 11.4 Å². The largest absolute Gasteiger partial charge is 0.394 e. The minimum atomic E-state index is -1.82. The lowest BCUT2D eigenvalue weighted by atomic mass is 10.1. The van der Waals surface area contributed by atoms with E-state index in [9.17, 15) is 28.6 Å². The molecule has 0 unspecified atom stereocenters. The van der Waals surface area contributed by atoms with Gasteiger partial charge in [0, 0.05) is 12.4 Å². The topological polar surface area (TPSA) is 221 Å². The van der Waals surface area contributed by atoms with Crippen molar-refractivity contribution in [3.8, 4) is 0 Å². The van der Waals surface area contributed by atoms with Crippen LogP contribution in [-0.4, -0.2) is 89.5 Å². The highest BCUT2D eigenvalue weighted by molar-refractivity contribution is 14.1. The highest BCUT2D eigenvalue weighted by Crippen LogP contribution is 2.32. The van der Waals surface area contributed by atoms with Crippen LogP contribution in [0.25, 0.3) is 0 Å². The zero-order valence-corrected chi connectivity index (χ0v) is 22.4. The Morgan fingerprint density at radius 3 is 1.44 bits per heavy atom. The number of nitrogen functional groups attached to an aromatic ring is 2. The van der Waals surface area contributed by atoms with Gasteiger partial charge in [-0.1, -0.05) is 0 Å². The maximum absolute atomic E-state index is 13.8. The Labute approximate surface area is 228 Å². The van der Waals surface area contributed by atoms with Gasteiger partial charge in [0.1, 0.15) is 36.1 Å². The van der Waals surface area contributed by atoms with Crippen LogP contribution in [0.3, 0.4) is 0 Å².